The summed E-state index contributed by atoms with van der Waals surface area (Å²) < 4.78 is 33.8. The summed E-state index contributed by atoms with van der Waals surface area (Å²) in [5.41, 5.74) is 0.882. The first-order chi connectivity index (χ1) is 22.2. The molecule has 2 aromatic rings. The Morgan fingerprint density at radius 1 is 0.809 bits per heavy atom. The lowest BCUT2D eigenvalue weighted by atomic mass is 9.97. The first-order valence-corrected chi connectivity index (χ1v) is 14.6. The second-order valence-electron chi connectivity index (χ2n) is 11.0. The van der Waals surface area contributed by atoms with Crippen LogP contribution in [-0.2, 0) is 44.4 Å². The molecule has 0 radical (unpaired) electrons. The van der Waals surface area contributed by atoms with Crippen molar-refractivity contribution in [3.63, 3.8) is 0 Å². The number of aromatic hydroxyl groups is 4. The molecule has 10 atom stereocenters. The Balaban J connectivity index is 1.58. The lowest BCUT2D eigenvalue weighted by Crippen LogP contribution is -2.65. The number of hydrogen-bond acceptors (Lipinski definition) is 16. The molecule has 0 aliphatic carbocycles. The van der Waals surface area contributed by atoms with Crippen LogP contribution in [0.1, 0.15) is 25.0 Å². The third kappa shape index (κ3) is 9.09. The number of esters is 2. The topological polar surface area (TPSA) is 251 Å². The highest BCUT2D eigenvalue weighted by Crippen LogP contribution is 2.32. The summed E-state index contributed by atoms with van der Waals surface area (Å²) in [6.45, 7) is 1.93. The number of hydrogen-bond donors (Lipinski definition) is 8. The van der Waals surface area contributed by atoms with Crippen molar-refractivity contribution in [2.24, 2.45) is 0 Å². The molecule has 0 aromatic heterocycles. The molecule has 2 aliphatic heterocycles. The van der Waals surface area contributed by atoms with E-state index in [-0.39, 0.29) is 30.3 Å². The number of rotatable bonds is 11. The van der Waals surface area contributed by atoms with Crippen LogP contribution in [0.15, 0.2) is 42.5 Å². The fraction of sp³-hybridized carbons (Fsp3) is 0.484. The maximum absolute atomic E-state index is 13.0. The number of carbonyl (C=O) groups is 2. The van der Waals surface area contributed by atoms with Crippen molar-refractivity contribution in [2.45, 2.75) is 81.7 Å². The van der Waals surface area contributed by atoms with Gasteiger partial charge in [0.2, 0.25) is 0 Å². The first kappa shape index (κ1) is 35.8. The Morgan fingerprint density at radius 2 is 1.49 bits per heavy atom. The normalized spacial score (nSPS) is 31.0. The summed E-state index contributed by atoms with van der Waals surface area (Å²) >= 11 is 0. The molecule has 0 saturated carbocycles. The summed E-state index contributed by atoms with van der Waals surface area (Å²) in [7, 11) is 0. The van der Waals surface area contributed by atoms with Crippen molar-refractivity contribution in [1.82, 2.24) is 0 Å². The minimum atomic E-state index is -1.80. The van der Waals surface area contributed by atoms with Crippen molar-refractivity contribution in [3.05, 3.63) is 53.6 Å². The lowest BCUT2D eigenvalue weighted by Gasteiger charge is -2.46. The van der Waals surface area contributed by atoms with Crippen LogP contribution in [-0.4, -0.2) is 127 Å². The molecule has 16 nitrogen and oxygen atoms in total. The van der Waals surface area contributed by atoms with E-state index in [9.17, 15) is 50.4 Å². The van der Waals surface area contributed by atoms with Gasteiger partial charge in [0.25, 0.3) is 0 Å². The fourth-order valence-corrected chi connectivity index (χ4v) is 4.94. The largest absolute Gasteiger partial charge is 0.504 e. The van der Waals surface area contributed by atoms with Crippen LogP contribution in [0, 0.1) is 0 Å². The van der Waals surface area contributed by atoms with Crippen LogP contribution in [0.4, 0.5) is 0 Å². The third-order valence-corrected chi connectivity index (χ3v) is 7.54. The molecule has 4 rings (SSSR count). The molecule has 0 spiro atoms. The van der Waals surface area contributed by atoms with Crippen LogP contribution < -0.4 is 0 Å². The Bertz CT molecular complexity index is 1410. The van der Waals surface area contributed by atoms with Crippen LogP contribution in [0.3, 0.4) is 0 Å². The van der Waals surface area contributed by atoms with Crippen molar-refractivity contribution in [2.75, 3.05) is 13.2 Å². The average Bonchev–Trinajstić information content (AvgIpc) is 3.02. The van der Waals surface area contributed by atoms with Crippen LogP contribution >= 0.6 is 0 Å². The zero-order valence-electron chi connectivity index (χ0n) is 25.4. The highest BCUT2D eigenvalue weighted by Gasteiger charge is 2.52. The molecule has 47 heavy (non-hydrogen) atoms. The highest BCUT2D eigenvalue weighted by atomic mass is 16.7. The van der Waals surface area contributed by atoms with Gasteiger partial charge in [-0.25, -0.2) is 4.79 Å². The standard InChI is InChI=1S/C31H38O16/c1-14-24(38)25(39)26(40)31(44-14)47-29-27(41)30(42-10-9-17-4-7-19(34)21(36)12-17)45-22(13-43-15(2)32)28(29)46-23(37)8-5-16-3-6-18(33)20(35)11-16/h3-8,11-12,14,22,24-31,33-36,38-41H,9-10,13H2,1-2H3/t14-,22+,24+,25+,26-,27-,28+,29-,30-,31+/m1/s1. The summed E-state index contributed by atoms with van der Waals surface area (Å²) in [5.74, 6) is -3.18. The number of benzene rings is 2. The van der Waals surface area contributed by atoms with Gasteiger partial charge >= 0.3 is 11.9 Å². The predicted molar refractivity (Wildman–Crippen MR) is 157 cm³/mol. The smallest absolute Gasteiger partial charge is 0.331 e. The van der Waals surface area contributed by atoms with E-state index in [1.165, 1.54) is 49.4 Å². The van der Waals surface area contributed by atoms with Gasteiger partial charge in [0, 0.05) is 13.0 Å². The summed E-state index contributed by atoms with van der Waals surface area (Å²) in [6.07, 6.45) is -12.9. The molecule has 2 aliphatic rings. The molecule has 2 fully saturated rings. The van der Waals surface area contributed by atoms with E-state index in [0.717, 1.165) is 13.0 Å². The molecule has 0 amide bonds. The fourth-order valence-electron chi connectivity index (χ4n) is 4.94. The van der Waals surface area contributed by atoms with E-state index in [4.69, 9.17) is 28.4 Å². The number of ether oxygens (including phenoxy) is 6. The molecule has 2 heterocycles. The molecule has 16 heteroatoms. The Labute approximate surface area is 268 Å². The second-order valence-corrected chi connectivity index (χ2v) is 11.0. The molecule has 8 N–H and O–H groups in total. The van der Waals surface area contributed by atoms with Gasteiger partial charge in [0.15, 0.2) is 41.7 Å². The highest BCUT2D eigenvalue weighted by molar-refractivity contribution is 5.87. The van der Waals surface area contributed by atoms with Gasteiger partial charge in [-0.3, -0.25) is 4.79 Å². The Morgan fingerprint density at radius 3 is 2.15 bits per heavy atom. The van der Waals surface area contributed by atoms with E-state index in [0.29, 0.717) is 11.1 Å². The molecular formula is C31H38O16. The third-order valence-electron chi connectivity index (χ3n) is 7.54. The van der Waals surface area contributed by atoms with E-state index in [1.54, 1.807) is 0 Å². The van der Waals surface area contributed by atoms with Gasteiger partial charge in [-0.2, -0.15) is 0 Å². The summed E-state index contributed by atoms with van der Waals surface area (Å²) in [5, 5.41) is 81.0. The Kier molecular flexibility index (Phi) is 12.0. The quantitative estimate of drug-likeness (QED) is 0.0859. The van der Waals surface area contributed by atoms with Crippen LogP contribution in [0.2, 0.25) is 0 Å². The molecule has 258 valence electrons. The summed E-state index contributed by atoms with van der Waals surface area (Å²) in [6, 6.07) is 7.94. The van der Waals surface area contributed by atoms with Crippen molar-refractivity contribution < 1.29 is 78.9 Å². The maximum Gasteiger partial charge on any atom is 0.331 e. The predicted octanol–water partition coefficient (Wildman–Crippen LogP) is -0.445. The lowest BCUT2D eigenvalue weighted by molar-refractivity contribution is -0.357. The average molecular weight is 667 g/mol. The molecule has 2 aromatic carbocycles. The number of aliphatic hydroxyl groups excluding tert-OH is 4. The van der Waals surface area contributed by atoms with Gasteiger partial charge in [0.1, 0.15) is 43.2 Å². The number of carbonyl (C=O) groups excluding carboxylic acids is 2. The van der Waals surface area contributed by atoms with Crippen LogP contribution in [0.5, 0.6) is 23.0 Å². The zero-order valence-corrected chi connectivity index (χ0v) is 25.4. The van der Waals surface area contributed by atoms with Gasteiger partial charge in [0.05, 0.1) is 12.7 Å². The zero-order chi connectivity index (χ0) is 34.4. The second kappa shape index (κ2) is 15.7. The molecule has 0 bridgehead atoms. The van der Waals surface area contributed by atoms with Gasteiger partial charge in [-0.1, -0.05) is 12.1 Å². The van der Waals surface area contributed by atoms with Gasteiger partial charge in [-0.05, 0) is 54.8 Å². The SMILES string of the molecule is CC(=O)OC[C@@H]1O[C@@H](OCCc2ccc(O)c(O)c2)[C@H](O)[C@@H](O[C@@H]2O[C@H](C)[C@H](O)[C@H](O)[C@H]2O)[C@H]1OC(=O)C=Cc1ccc(O)c(O)c1. The van der Waals surface area contributed by atoms with Crippen LogP contribution in [0.25, 0.3) is 6.08 Å². The monoisotopic (exact) mass is 666 g/mol. The van der Waals surface area contributed by atoms with E-state index >= 15 is 0 Å². The van der Waals surface area contributed by atoms with E-state index in [2.05, 4.69) is 0 Å². The van der Waals surface area contributed by atoms with Gasteiger partial charge < -0.3 is 69.3 Å². The number of aliphatic hydroxyl groups is 4. The first-order valence-electron chi connectivity index (χ1n) is 14.6. The minimum absolute atomic E-state index is 0.101. The molecular weight excluding hydrogens is 628 g/mol. The molecule has 0 unspecified atom stereocenters. The van der Waals surface area contributed by atoms with E-state index in [1.807, 2.05) is 0 Å². The maximum atomic E-state index is 13.0. The van der Waals surface area contributed by atoms with Crippen molar-refractivity contribution >= 4 is 18.0 Å². The van der Waals surface area contributed by atoms with Crippen molar-refractivity contribution in [3.8, 4) is 23.0 Å². The summed E-state index contributed by atoms with van der Waals surface area (Å²) in [4.78, 5) is 24.7. The molecule has 2 saturated heterocycles. The number of phenolic OH excluding ortho intramolecular Hbond substituents is 4. The van der Waals surface area contributed by atoms with E-state index < -0.39 is 85.7 Å². The van der Waals surface area contributed by atoms with Crippen molar-refractivity contribution in [1.29, 1.82) is 0 Å². The number of phenols is 4. The Hall–Kier alpha value is -4.00. The van der Waals surface area contributed by atoms with Gasteiger partial charge in [-0.15, -0.1) is 0 Å². The minimum Gasteiger partial charge on any atom is -0.504 e.